The summed E-state index contributed by atoms with van der Waals surface area (Å²) in [6.45, 7) is 2.02. The monoisotopic (exact) mass is 430 g/mol. The first kappa shape index (κ1) is 16.4. The Morgan fingerprint density at radius 1 is 1.04 bits per heavy atom. The van der Waals surface area contributed by atoms with Crippen LogP contribution in [0.4, 0.5) is 0 Å². The fraction of sp³-hybridized carbons (Fsp3) is 0.150. The van der Waals surface area contributed by atoms with Gasteiger partial charge in [0.25, 0.3) is 0 Å². The number of ketones is 1. The van der Waals surface area contributed by atoms with Crippen molar-refractivity contribution in [2.45, 2.75) is 18.8 Å². The first-order valence-electron chi connectivity index (χ1n) is 7.44. The number of rotatable bonds is 3. The highest BCUT2D eigenvalue weighted by atomic mass is 79.9. The molecule has 3 rings (SSSR count). The van der Waals surface area contributed by atoms with Crippen molar-refractivity contribution in [3.8, 4) is 0 Å². The van der Waals surface area contributed by atoms with Gasteiger partial charge in [-0.2, -0.15) is 0 Å². The van der Waals surface area contributed by atoms with E-state index in [-0.39, 0.29) is 5.78 Å². The second-order valence-corrected chi connectivity index (χ2v) is 7.67. The quantitative estimate of drug-likeness (QED) is 0.571. The Kier molecular flexibility index (Phi) is 4.69. The summed E-state index contributed by atoms with van der Waals surface area (Å²) in [5, 5.41) is 0. The highest BCUT2D eigenvalue weighted by Gasteiger charge is 2.39. The summed E-state index contributed by atoms with van der Waals surface area (Å²) in [5.74, 6) is 0.136. The molecule has 0 spiro atoms. The first-order chi connectivity index (χ1) is 11.0. The molecular formula is C20H16Br2O. The molecule has 1 aliphatic carbocycles. The lowest BCUT2D eigenvalue weighted by molar-refractivity contribution is -0.119. The minimum absolute atomic E-state index is 0.136. The Morgan fingerprint density at radius 3 is 2.48 bits per heavy atom. The zero-order valence-corrected chi connectivity index (χ0v) is 15.9. The van der Waals surface area contributed by atoms with Gasteiger partial charge in [0.05, 0.1) is 9.90 Å². The van der Waals surface area contributed by atoms with Gasteiger partial charge in [-0.15, -0.1) is 0 Å². The van der Waals surface area contributed by atoms with Gasteiger partial charge in [-0.1, -0.05) is 64.5 Å². The molecule has 3 heteroatoms. The molecule has 0 heterocycles. The van der Waals surface area contributed by atoms with E-state index in [1.54, 1.807) is 0 Å². The molecule has 0 aromatic heterocycles. The smallest absolute Gasteiger partial charge is 0.180 e. The lowest BCUT2D eigenvalue weighted by Crippen LogP contribution is -2.35. The van der Waals surface area contributed by atoms with Crippen LogP contribution >= 0.6 is 31.9 Å². The maximum Gasteiger partial charge on any atom is 0.180 e. The lowest BCUT2D eigenvalue weighted by atomic mass is 9.71. The average molecular weight is 432 g/mol. The number of carbonyl (C=O) groups excluding carboxylic acids is 1. The van der Waals surface area contributed by atoms with Crippen molar-refractivity contribution >= 4 is 49.8 Å². The summed E-state index contributed by atoms with van der Waals surface area (Å²) < 4.78 is 1.71. The fourth-order valence-electron chi connectivity index (χ4n) is 2.92. The summed E-state index contributed by atoms with van der Waals surface area (Å²) in [4.78, 5) is 12.7. The summed E-state index contributed by atoms with van der Waals surface area (Å²) in [6.07, 6.45) is 6.74. The zero-order valence-electron chi connectivity index (χ0n) is 12.7. The lowest BCUT2D eigenvalue weighted by Gasteiger charge is -2.32. The topological polar surface area (TPSA) is 17.1 Å². The molecule has 0 bridgehead atoms. The van der Waals surface area contributed by atoms with Crippen LogP contribution in [0.2, 0.25) is 0 Å². The van der Waals surface area contributed by atoms with E-state index in [0.29, 0.717) is 10.9 Å². The van der Waals surface area contributed by atoms with Gasteiger partial charge < -0.3 is 0 Å². The van der Waals surface area contributed by atoms with Crippen molar-refractivity contribution in [1.82, 2.24) is 0 Å². The van der Waals surface area contributed by atoms with Gasteiger partial charge in [-0.25, -0.2) is 0 Å². The van der Waals surface area contributed by atoms with Crippen molar-refractivity contribution in [3.05, 3.63) is 80.3 Å². The predicted molar refractivity (Wildman–Crippen MR) is 103 cm³/mol. The van der Waals surface area contributed by atoms with E-state index in [2.05, 4.69) is 68.3 Å². The third-order valence-electron chi connectivity index (χ3n) is 4.26. The molecule has 2 aromatic rings. The molecule has 0 aliphatic heterocycles. The highest BCUT2D eigenvalue weighted by molar-refractivity contribution is 9.12. The number of carbonyl (C=O) groups is 1. The second kappa shape index (κ2) is 6.58. The maximum absolute atomic E-state index is 12.7. The largest absolute Gasteiger partial charge is 0.293 e. The first-order valence-corrected chi connectivity index (χ1v) is 9.03. The molecular weight excluding hydrogens is 416 g/mol. The van der Waals surface area contributed by atoms with Gasteiger partial charge in [-0.3, -0.25) is 4.79 Å². The minimum atomic E-state index is -0.532. The van der Waals surface area contributed by atoms with Gasteiger partial charge in [-0.05, 0) is 64.2 Å². The van der Waals surface area contributed by atoms with Crippen molar-refractivity contribution in [2.75, 3.05) is 0 Å². The number of fused-ring (bicyclic) bond motifs is 1. The summed E-state index contributed by atoms with van der Waals surface area (Å²) in [7, 11) is 0. The number of halogens is 2. The fourth-order valence-corrected chi connectivity index (χ4v) is 3.87. The van der Waals surface area contributed by atoms with Gasteiger partial charge >= 0.3 is 0 Å². The van der Waals surface area contributed by atoms with Crippen molar-refractivity contribution in [3.63, 3.8) is 0 Å². The van der Waals surface area contributed by atoms with E-state index >= 15 is 0 Å². The van der Waals surface area contributed by atoms with Crippen molar-refractivity contribution in [1.29, 1.82) is 0 Å². The number of allylic oxidation sites excluding steroid dienone is 2. The molecule has 0 saturated carbocycles. The van der Waals surface area contributed by atoms with Crippen LogP contribution in [0.3, 0.4) is 0 Å². The maximum atomic E-state index is 12.7. The van der Waals surface area contributed by atoms with Crippen LogP contribution in [0.5, 0.6) is 0 Å². The molecule has 1 atom stereocenters. The highest BCUT2D eigenvalue weighted by Crippen LogP contribution is 2.40. The third-order valence-corrected chi connectivity index (χ3v) is 5.38. The van der Waals surface area contributed by atoms with E-state index in [0.717, 1.165) is 21.2 Å². The molecule has 0 saturated heterocycles. The Morgan fingerprint density at radius 2 is 1.74 bits per heavy atom. The molecule has 0 unspecified atom stereocenters. The molecule has 1 aliphatic rings. The average Bonchev–Trinajstić information content (AvgIpc) is 2.55. The van der Waals surface area contributed by atoms with Gasteiger partial charge in [0.15, 0.2) is 5.78 Å². The third kappa shape index (κ3) is 3.26. The van der Waals surface area contributed by atoms with Crippen LogP contribution in [0.25, 0.3) is 12.2 Å². The van der Waals surface area contributed by atoms with Crippen LogP contribution in [0.15, 0.2) is 63.6 Å². The van der Waals surface area contributed by atoms with Crippen LogP contribution in [-0.4, -0.2) is 5.78 Å². The number of benzene rings is 2. The number of hydrogen-bond acceptors (Lipinski definition) is 1. The second-order valence-electron chi connectivity index (χ2n) is 5.90. The van der Waals surface area contributed by atoms with E-state index in [4.69, 9.17) is 0 Å². The van der Waals surface area contributed by atoms with Crippen molar-refractivity contribution in [2.24, 2.45) is 0 Å². The minimum Gasteiger partial charge on any atom is -0.293 e. The molecule has 23 heavy (non-hydrogen) atoms. The number of Topliss-reactive ketones (excluding diaryl/α,β-unsaturated/α-hetero) is 1. The molecule has 0 radical (unpaired) electrons. The predicted octanol–water partition coefficient (Wildman–Crippen LogP) is 6.13. The van der Waals surface area contributed by atoms with Gasteiger partial charge in [0.1, 0.15) is 0 Å². The molecule has 1 nitrogen and oxygen atoms in total. The van der Waals surface area contributed by atoms with Gasteiger partial charge in [0.2, 0.25) is 0 Å². The Hall–Kier alpha value is -1.45. The number of hydrogen-bond donors (Lipinski definition) is 0. The summed E-state index contributed by atoms with van der Waals surface area (Å²) in [6, 6.07) is 16.2. The Balaban J connectivity index is 1.90. The van der Waals surface area contributed by atoms with Crippen LogP contribution in [0, 0.1) is 0 Å². The Labute approximate surface area is 153 Å². The van der Waals surface area contributed by atoms with Crippen LogP contribution in [0.1, 0.15) is 30.0 Å². The van der Waals surface area contributed by atoms with E-state index in [1.807, 2.05) is 37.3 Å². The molecule has 116 valence electrons. The SMILES string of the molecule is C[C@@]1(C/C=C/c2ccc(Br)cc2)C(=O)C(Br)=Cc2ccccc21. The van der Waals surface area contributed by atoms with E-state index in [1.165, 1.54) is 0 Å². The van der Waals surface area contributed by atoms with E-state index in [9.17, 15) is 4.79 Å². The summed E-state index contributed by atoms with van der Waals surface area (Å²) in [5.41, 5.74) is 2.80. The van der Waals surface area contributed by atoms with Crippen molar-refractivity contribution < 1.29 is 4.79 Å². The van der Waals surface area contributed by atoms with Crippen LogP contribution in [-0.2, 0) is 10.2 Å². The molecule has 0 amide bonds. The van der Waals surface area contributed by atoms with Gasteiger partial charge in [0, 0.05) is 4.47 Å². The molecule has 2 aromatic carbocycles. The van der Waals surface area contributed by atoms with E-state index < -0.39 is 5.41 Å². The molecule has 0 N–H and O–H groups in total. The standard InChI is InChI=1S/C20H16Br2O/c1-20(12-4-5-14-8-10-16(21)11-9-14)17-7-3-2-6-15(17)13-18(22)19(20)23/h2-11,13H,12H2,1H3/b5-4+/t20-/m0/s1. The zero-order chi connectivity index (χ0) is 16.4. The Bertz CT molecular complexity index is 803. The molecule has 0 fully saturated rings. The summed E-state index contributed by atoms with van der Waals surface area (Å²) >= 11 is 6.86. The normalized spacial score (nSPS) is 20.5. The van der Waals surface area contributed by atoms with Crippen LogP contribution < -0.4 is 0 Å².